The number of aryl methyl sites for hydroxylation is 1. The van der Waals surface area contributed by atoms with Crippen LogP contribution < -0.4 is 9.64 Å². The Morgan fingerprint density at radius 2 is 2.00 bits per heavy atom. The van der Waals surface area contributed by atoms with Gasteiger partial charge in [-0.3, -0.25) is 4.79 Å². The fraction of sp³-hybridized carbons (Fsp3) is 0.562. The molecular formula is C16H24N2O2. The quantitative estimate of drug-likeness (QED) is 0.847. The van der Waals surface area contributed by atoms with Gasteiger partial charge in [0.2, 0.25) is 0 Å². The summed E-state index contributed by atoms with van der Waals surface area (Å²) in [6, 6.07) is 6.00. The van der Waals surface area contributed by atoms with Crippen LogP contribution in [-0.4, -0.2) is 43.6 Å². The first-order valence-electron chi connectivity index (χ1n) is 7.07. The predicted molar refractivity (Wildman–Crippen MR) is 81.4 cm³/mol. The molecule has 4 nitrogen and oxygen atoms in total. The van der Waals surface area contributed by atoms with E-state index in [2.05, 4.69) is 4.90 Å². The second-order valence-corrected chi connectivity index (χ2v) is 6.20. The molecule has 0 atom stereocenters. The van der Waals surface area contributed by atoms with Crippen molar-refractivity contribution in [1.82, 2.24) is 4.90 Å². The van der Waals surface area contributed by atoms with Crippen LogP contribution in [0, 0.1) is 6.92 Å². The Balaban J connectivity index is 2.28. The number of anilines is 1. The molecule has 0 radical (unpaired) electrons. The lowest BCUT2D eigenvalue weighted by Gasteiger charge is -2.39. The summed E-state index contributed by atoms with van der Waals surface area (Å²) in [5.74, 6) is 0.833. The largest absolute Gasteiger partial charge is 0.476 e. The van der Waals surface area contributed by atoms with Crippen LogP contribution in [0.15, 0.2) is 18.2 Å². The van der Waals surface area contributed by atoms with E-state index in [-0.39, 0.29) is 5.91 Å². The van der Waals surface area contributed by atoms with E-state index in [4.69, 9.17) is 4.74 Å². The lowest BCUT2D eigenvalue weighted by molar-refractivity contribution is -0.132. The zero-order valence-corrected chi connectivity index (χ0v) is 13.1. The van der Waals surface area contributed by atoms with E-state index >= 15 is 0 Å². The number of carbonyl (C=O) groups is 1. The van der Waals surface area contributed by atoms with Crippen molar-refractivity contribution >= 4 is 11.6 Å². The molecule has 0 aromatic heterocycles. The fourth-order valence-corrected chi connectivity index (χ4v) is 2.44. The fourth-order valence-electron chi connectivity index (χ4n) is 2.44. The predicted octanol–water partition coefficient (Wildman–Crippen LogP) is 2.45. The van der Waals surface area contributed by atoms with E-state index in [0.29, 0.717) is 0 Å². The third-order valence-electron chi connectivity index (χ3n) is 3.52. The van der Waals surface area contributed by atoms with Crippen LogP contribution >= 0.6 is 0 Å². The first-order valence-corrected chi connectivity index (χ1v) is 7.07. The molecular weight excluding hydrogens is 252 g/mol. The standard InChI is InChI=1S/C16H24N2O2/c1-12-7-8-14-13(11-12)18(10-6-9-17(4)5)15(19)16(2,3)20-14/h7-8,11H,6,9-10H2,1-5H3. The monoisotopic (exact) mass is 276 g/mol. The Bertz CT molecular complexity index is 509. The molecule has 1 aliphatic rings. The SMILES string of the molecule is Cc1ccc2c(c1)N(CCCN(C)C)C(=O)C(C)(C)O2. The van der Waals surface area contributed by atoms with Gasteiger partial charge in [0.1, 0.15) is 5.75 Å². The van der Waals surface area contributed by atoms with Gasteiger partial charge in [-0.2, -0.15) is 0 Å². The summed E-state index contributed by atoms with van der Waals surface area (Å²) in [6.45, 7) is 7.38. The molecule has 20 heavy (non-hydrogen) atoms. The molecule has 0 bridgehead atoms. The zero-order chi connectivity index (χ0) is 14.9. The first kappa shape index (κ1) is 14.9. The minimum Gasteiger partial charge on any atom is -0.476 e. The molecule has 110 valence electrons. The minimum atomic E-state index is -0.791. The van der Waals surface area contributed by atoms with Gasteiger partial charge in [-0.25, -0.2) is 0 Å². The van der Waals surface area contributed by atoms with E-state index in [9.17, 15) is 4.79 Å². The highest BCUT2D eigenvalue weighted by molar-refractivity contribution is 6.02. The van der Waals surface area contributed by atoms with Crippen molar-refractivity contribution in [3.05, 3.63) is 23.8 Å². The number of nitrogens with zero attached hydrogens (tertiary/aromatic N) is 2. The normalized spacial score (nSPS) is 17.1. The molecule has 0 fully saturated rings. The Morgan fingerprint density at radius 1 is 1.30 bits per heavy atom. The van der Waals surface area contributed by atoms with Gasteiger partial charge in [0.05, 0.1) is 5.69 Å². The van der Waals surface area contributed by atoms with Crippen molar-refractivity contribution in [3.63, 3.8) is 0 Å². The van der Waals surface area contributed by atoms with E-state index in [1.807, 2.05) is 58.0 Å². The van der Waals surface area contributed by atoms with Crippen molar-refractivity contribution in [2.75, 3.05) is 32.1 Å². The molecule has 0 spiro atoms. The van der Waals surface area contributed by atoms with Gasteiger partial charge in [-0.05, 0) is 65.5 Å². The summed E-state index contributed by atoms with van der Waals surface area (Å²) >= 11 is 0. The van der Waals surface area contributed by atoms with Crippen LogP contribution in [0.25, 0.3) is 0 Å². The number of carbonyl (C=O) groups excluding carboxylic acids is 1. The molecule has 1 heterocycles. The van der Waals surface area contributed by atoms with Crippen molar-refractivity contribution in [3.8, 4) is 5.75 Å². The molecule has 1 amide bonds. The van der Waals surface area contributed by atoms with Crippen molar-refractivity contribution < 1.29 is 9.53 Å². The van der Waals surface area contributed by atoms with E-state index in [0.717, 1.165) is 36.5 Å². The molecule has 0 aliphatic carbocycles. The molecule has 0 unspecified atom stereocenters. The summed E-state index contributed by atoms with van der Waals surface area (Å²) in [6.07, 6.45) is 0.947. The number of rotatable bonds is 4. The summed E-state index contributed by atoms with van der Waals surface area (Å²) in [4.78, 5) is 16.6. The van der Waals surface area contributed by atoms with Crippen LogP contribution in [0.4, 0.5) is 5.69 Å². The highest BCUT2D eigenvalue weighted by atomic mass is 16.5. The second kappa shape index (κ2) is 5.44. The smallest absolute Gasteiger partial charge is 0.270 e. The number of hydrogen-bond acceptors (Lipinski definition) is 3. The molecule has 2 rings (SSSR count). The molecule has 1 aliphatic heterocycles. The van der Waals surface area contributed by atoms with Crippen molar-refractivity contribution in [2.24, 2.45) is 0 Å². The highest BCUT2D eigenvalue weighted by Gasteiger charge is 2.40. The average Bonchev–Trinajstić information content (AvgIpc) is 2.34. The van der Waals surface area contributed by atoms with Gasteiger partial charge in [0, 0.05) is 6.54 Å². The molecule has 1 aromatic carbocycles. The van der Waals surface area contributed by atoms with Gasteiger partial charge in [0.15, 0.2) is 5.60 Å². The van der Waals surface area contributed by atoms with Crippen LogP contribution in [0.1, 0.15) is 25.8 Å². The summed E-state index contributed by atoms with van der Waals surface area (Å²) < 4.78 is 5.84. The number of amides is 1. The Kier molecular flexibility index (Phi) is 4.04. The topological polar surface area (TPSA) is 32.8 Å². The maximum atomic E-state index is 12.6. The van der Waals surface area contributed by atoms with Crippen LogP contribution in [0.5, 0.6) is 5.75 Å². The van der Waals surface area contributed by atoms with E-state index < -0.39 is 5.60 Å². The molecule has 0 saturated heterocycles. The third kappa shape index (κ3) is 2.96. The van der Waals surface area contributed by atoms with Gasteiger partial charge < -0.3 is 14.5 Å². The second-order valence-electron chi connectivity index (χ2n) is 6.20. The maximum absolute atomic E-state index is 12.6. The van der Waals surface area contributed by atoms with Gasteiger partial charge in [-0.1, -0.05) is 6.07 Å². The Morgan fingerprint density at radius 3 is 2.65 bits per heavy atom. The number of ether oxygens (including phenoxy) is 1. The highest BCUT2D eigenvalue weighted by Crippen LogP contribution is 2.38. The van der Waals surface area contributed by atoms with Crippen LogP contribution in [0.3, 0.4) is 0 Å². The first-order chi connectivity index (χ1) is 9.31. The minimum absolute atomic E-state index is 0.0364. The third-order valence-corrected chi connectivity index (χ3v) is 3.52. The number of hydrogen-bond donors (Lipinski definition) is 0. The summed E-state index contributed by atoms with van der Waals surface area (Å²) in [7, 11) is 4.09. The van der Waals surface area contributed by atoms with Gasteiger partial charge in [0.25, 0.3) is 5.91 Å². The molecule has 0 N–H and O–H groups in total. The number of benzene rings is 1. The Labute approximate surface area is 121 Å². The van der Waals surface area contributed by atoms with Gasteiger partial charge in [-0.15, -0.1) is 0 Å². The zero-order valence-electron chi connectivity index (χ0n) is 13.1. The lowest BCUT2D eigenvalue weighted by Crippen LogP contribution is -2.53. The van der Waals surface area contributed by atoms with Gasteiger partial charge >= 0.3 is 0 Å². The Hall–Kier alpha value is -1.55. The van der Waals surface area contributed by atoms with Crippen LogP contribution in [0.2, 0.25) is 0 Å². The summed E-state index contributed by atoms with van der Waals surface area (Å²) in [5, 5.41) is 0. The van der Waals surface area contributed by atoms with Crippen molar-refractivity contribution in [1.29, 1.82) is 0 Å². The van der Waals surface area contributed by atoms with E-state index in [1.165, 1.54) is 0 Å². The summed E-state index contributed by atoms with van der Waals surface area (Å²) in [5.41, 5.74) is 1.24. The van der Waals surface area contributed by atoms with Crippen molar-refractivity contribution in [2.45, 2.75) is 32.8 Å². The average molecular weight is 276 g/mol. The van der Waals surface area contributed by atoms with E-state index in [1.54, 1.807) is 0 Å². The molecule has 0 saturated carbocycles. The number of fused-ring (bicyclic) bond motifs is 1. The molecule has 1 aromatic rings. The maximum Gasteiger partial charge on any atom is 0.270 e. The van der Waals surface area contributed by atoms with Crippen LogP contribution in [-0.2, 0) is 4.79 Å². The lowest BCUT2D eigenvalue weighted by atomic mass is 10.0. The molecule has 4 heteroatoms.